The zero-order chi connectivity index (χ0) is 13.3. The molecule has 0 amide bonds. The van der Waals surface area contributed by atoms with Crippen molar-refractivity contribution in [2.75, 3.05) is 13.1 Å². The molecule has 3 nitrogen and oxygen atoms in total. The van der Waals surface area contributed by atoms with Crippen LogP contribution in [0.25, 0.3) is 0 Å². The fourth-order valence-corrected chi connectivity index (χ4v) is 2.05. The number of benzene rings is 1. The van der Waals surface area contributed by atoms with Gasteiger partial charge >= 0.3 is 0 Å². The predicted octanol–water partition coefficient (Wildman–Crippen LogP) is 2.37. The molecule has 2 aromatic rings. The number of aryl methyl sites for hydroxylation is 1. The predicted molar refractivity (Wildman–Crippen MR) is 78.0 cm³/mol. The highest BCUT2D eigenvalue weighted by Gasteiger charge is 2.03. The van der Waals surface area contributed by atoms with Crippen LogP contribution in [0.3, 0.4) is 0 Å². The summed E-state index contributed by atoms with van der Waals surface area (Å²) in [5, 5.41) is 3.37. The van der Waals surface area contributed by atoms with Gasteiger partial charge in [-0.2, -0.15) is 0 Å². The smallest absolute Gasteiger partial charge is 0.105 e. The SMILES string of the molecule is NC(CCc1ccccc1)CNCCc1ccco1. The Kier molecular flexibility index (Phi) is 5.66. The lowest BCUT2D eigenvalue weighted by atomic mass is 10.1. The molecule has 1 aromatic carbocycles. The topological polar surface area (TPSA) is 51.2 Å². The van der Waals surface area contributed by atoms with Crippen molar-refractivity contribution >= 4 is 0 Å². The Hall–Kier alpha value is -1.58. The highest BCUT2D eigenvalue weighted by Crippen LogP contribution is 2.04. The van der Waals surface area contributed by atoms with Crippen LogP contribution in [0.15, 0.2) is 53.1 Å². The molecule has 2 rings (SSSR count). The third-order valence-corrected chi connectivity index (χ3v) is 3.18. The van der Waals surface area contributed by atoms with E-state index in [2.05, 4.69) is 29.6 Å². The van der Waals surface area contributed by atoms with E-state index in [-0.39, 0.29) is 6.04 Å². The number of nitrogens with one attached hydrogen (secondary N) is 1. The molecule has 0 saturated carbocycles. The minimum atomic E-state index is 0.205. The van der Waals surface area contributed by atoms with Crippen LogP contribution in [0.2, 0.25) is 0 Å². The fraction of sp³-hybridized carbons (Fsp3) is 0.375. The van der Waals surface area contributed by atoms with Gasteiger partial charge in [-0.05, 0) is 30.5 Å². The Morgan fingerprint density at radius 1 is 1.05 bits per heavy atom. The molecule has 3 heteroatoms. The molecule has 1 atom stereocenters. The van der Waals surface area contributed by atoms with Gasteiger partial charge in [0.1, 0.15) is 5.76 Å². The third kappa shape index (κ3) is 5.28. The van der Waals surface area contributed by atoms with E-state index >= 15 is 0 Å². The lowest BCUT2D eigenvalue weighted by Gasteiger charge is -2.12. The van der Waals surface area contributed by atoms with Crippen molar-refractivity contribution in [3.63, 3.8) is 0 Å². The van der Waals surface area contributed by atoms with E-state index in [1.165, 1.54) is 5.56 Å². The van der Waals surface area contributed by atoms with Crippen LogP contribution in [0.5, 0.6) is 0 Å². The van der Waals surface area contributed by atoms with Crippen LogP contribution in [-0.2, 0) is 12.8 Å². The minimum absolute atomic E-state index is 0.205. The second kappa shape index (κ2) is 7.77. The first kappa shape index (κ1) is 13.8. The first-order valence-electron chi connectivity index (χ1n) is 6.87. The van der Waals surface area contributed by atoms with Gasteiger partial charge in [0.25, 0.3) is 0 Å². The molecule has 1 heterocycles. The molecule has 19 heavy (non-hydrogen) atoms. The molecule has 0 fully saturated rings. The summed E-state index contributed by atoms with van der Waals surface area (Å²) in [6.07, 6.45) is 4.68. The van der Waals surface area contributed by atoms with Gasteiger partial charge in [-0.1, -0.05) is 30.3 Å². The van der Waals surface area contributed by atoms with Gasteiger partial charge in [0.2, 0.25) is 0 Å². The van der Waals surface area contributed by atoms with Crippen LogP contribution in [0.1, 0.15) is 17.7 Å². The molecule has 0 spiro atoms. The van der Waals surface area contributed by atoms with Crippen molar-refractivity contribution in [1.29, 1.82) is 0 Å². The van der Waals surface area contributed by atoms with E-state index in [1.54, 1.807) is 6.26 Å². The summed E-state index contributed by atoms with van der Waals surface area (Å²) in [5.74, 6) is 1.02. The second-order valence-electron chi connectivity index (χ2n) is 4.82. The van der Waals surface area contributed by atoms with E-state index in [9.17, 15) is 0 Å². The Labute approximate surface area is 114 Å². The number of hydrogen-bond acceptors (Lipinski definition) is 3. The molecule has 0 aliphatic rings. The van der Waals surface area contributed by atoms with Crippen LogP contribution in [-0.4, -0.2) is 19.1 Å². The maximum Gasteiger partial charge on any atom is 0.105 e. The zero-order valence-electron chi connectivity index (χ0n) is 11.2. The molecule has 0 radical (unpaired) electrons. The van der Waals surface area contributed by atoms with Crippen molar-refractivity contribution in [3.8, 4) is 0 Å². The Morgan fingerprint density at radius 2 is 1.89 bits per heavy atom. The molecule has 1 aromatic heterocycles. The average molecular weight is 258 g/mol. The Balaban J connectivity index is 1.56. The van der Waals surface area contributed by atoms with Gasteiger partial charge in [0.05, 0.1) is 6.26 Å². The van der Waals surface area contributed by atoms with Gasteiger partial charge in [0.15, 0.2) is 0 Å². The summed E-state index contributed by atoms with van der Waals surface area (Å²) in [6.45, 7) is 1.76. The maximum atomic E-state index is 6.10. The molecule has 102 valence electrons. The van der Waals surface area contributed by atoms with E-state index in [1.807, 2.05) is 18.2 Å². The number of hydrogen-bond donors (Lipinski definition) is 2. The van der Waals surface area contributed by atoms with Gasteiger partial charge < -0.3 is 15.5 Å². The first-order chi connectivity index (χ1) is 9.34. The van der Waals surface area contributed by atoms with Gasteiger partial charge in [-0.3, -0.25) is 0 Å². The van der Waals surface area contributed by atoms with Crippen LogP contribution >= 0.6 is 0 Å². The monoisotopic (exact) mass is 258 g/mol. The van der Waals surface area contributed by atoms with Crippen molar-refractivity contribution < 1.29 is 4.42 Å². The highest BCUT2D eigenvalue weighted by molar-refractivity contribution is 5.14. The second-order valence-corrected chi connectivity index (χ2v) is 4.82. The summed E-state index contributed by atoms with van der Waals surface area (Å²) < 4.78 is 5.27. The van der Waals surface area contributed by atoms with Crippen molar-refractivity contribution in [2.45, 2.75) is 25.3 Å². The largest absolute Gasteiger partial charge is 0.469 e. The van der Waals surface area contributed by atoms with E-state index < -0.39 is 0 Å². The van der Waals surface area contributed by atoms with Gasteiger partial charge in [-0.15, -0.1) is 0 Å². The van der Waals surface area contributed by atoms with E-state index in [0.29, 0.717) is 0 Å². The first-order valence-corrected chi connectivity index (χ1v) is 6.87. The molecule has 0 aliphatic heterocycles. The van der Waals surface area contributed by atoms with Gasteiger partial charge in [0, 0.05) is 25.6 Å². The van der Waals surface area contributed by atoms with E-state index in [0.717, 1.165) is 38.1 Å². The zero-order valence-corrected chi connectivity index (χ0v) is 11.2. The summed E-state index contributed by atoms with van der Waals surface area (Å²) >= 11 is 0. The normalized spacial score (nSPS) is 12.5. The van der Waals surface area contributed by atoms with Crippen molar-refractivity contribution in [2.24, 2.45) is 5.73 Å². The molecule has 0 aliphatic carbocycles. The quantitative estimate of drug-likeness (QED) is 0.715. The standard InChI is InChI=1S/C16H22N2O/c17-15(9-8-14-5-2-1-3-6-14)13-18-11-10-16-7-4-12-19-16/h1-7,12,15,18H,8-11,13,17H2. The Morgan fingerprint density at radius 3 is 2.63 bits per heavy atom. The number of nitrogens with two attached hydrogens (primary N) is 1. The summed E-state index contributed by atoms with van der Waals surface area (Å²) in [7, 11) is 0. The minimum Gasteiger partial charge on any atom is -0.469 e. The molecule has 3 N–H and O–H groups in total. The summed E-state index contributed by atoms with van der Waals surface area (Å²) in [5.41, 5.74) is 7.45. The lowest BCUT2D eigenvalue weighted by Crippen LogP contribution is -2.35. The summed E-state index contributed by atoms with van der Waals surface area (Å²) in [4.78, 5) is 0. The number of furan rings is 1. The fourth-order valence-electron chi connectivity index (χ4n) is 2.05. The highest BCUT2D eigenvalue weighted by atomic mass is 16.3. The Bertz CT molecular complexity index is 439. The number of rotatable bonds is 8. The maximum absolute atomic E-state index is 6.10. The lowest BCUT2D eigenvalue weighted by molar-refractivity contribution is 0.487. The molecular formula is C16H22N2O. The third-order valence-electron chi connectivity index (χ3n) is 3.18. The van der Waals surface area contributed by atoms with Gasteiger partial charge in [-0.25, -0.2) is 0 Å². The molecule has 1 unspecified atom stereocenters. The molecular weight excluding hydrogens is 236 g/mol. The van der Waals surface area contributed by atoms with Crippen LogP contribution < -0.4 is 11.1 Å². The van der Waals surface area contributed by atoms with Crippen LogP contribution in [0.4, 0.5) is 0 Å². The van der Waals surface area contributed by atoms with Crippen LogP contribution in [0, 0.1) is 0 Å². The van der Waals surface area contributed by atoms with E-state index in [4.69, 9.17) is 10.2 Å². The van der Waals surface area contributed by atoms with Crippen molar-refractivity contribution in [3.05, 3.63) is 60.1 Å². The molecule has 0 bridgehead atoms. The summed E-state index contributed by atoms with van der Waals surface area (Å²) in [6, 6.07) is 14.6. The van der Waals surface area contributed by atoms with Crippen molar-refractivity contribution in [1.82, 2.24) is 5.32 Å². The molecule has 0 saturated heterocycles. The average Bonchev–Trinajstić information content (AvgIpc) is 2.96.